The van der Waals surface area contributed by atoms with E-state index in [4.69, 9.17) is 20.5 Å². The highest BCUT2D eigenvalue weighted by atomic mass is 16.5. The number of nitrogens with zero attached hydrogens (tertiary/aromatic N) is 1. The first kappa shape index (κ1) is 13.3. The number of methoxy groups -OCH3 is 2. The molecule has 0 aliphatic carbocycles. The molecule has 0 aliphatic heterocycles. The van der Waals surface area contributed by atoms with Gasteiger partial charge in [0, 0.05) is 18.0 Å². The summed E-state index contributed by atoms with van der Waals surface area (Å²) in [6.07, 6.45) is 1.04. The first-order valence-corrected chi connectivity index (χ1v) is 5.49. The van der Waals surface area contributed by atoms with Crippen LogP contribution in [0.15, 0.2) is 12.1 Å². The van der Waals surface area contributed by atoms with E-state index in [-0.39, 0.29) is 6.04 Å². The number of rotatable bonds is 5. The van der Waals surface area contributed by atoms with Crippen molar-refractivity contribution in [2.45, 2.75) is 25.8 Å². The van der Waals surface area contributed by atoms with Crippen molar-refractivity contribution >= 4 is 0 Å². The van der Waals surface area contributed by atoms with Gasteiger partial charge in [0.15, 0.2) is 0 Å². The molecule has 4 nitrogen and oxygen atoms in total. The summed E-state index contributed by atoms with van der Waals surface area (Å²) < 4.78 is 10.6. The predicted octanol–water partition coefficient (Wildman–Crippen LogP) is 2.32. The van der Waals surface area contributed by atoms with E-state index in [0.717, 1.165) is 22.6 Å². The zero-order valence-electron chi connectivity index (χ0n) is 10.5. The summed E-state index contributed by atoms with van der Waals surface area (Å²) in [6.45, 7) is 1.95. The van der Waals surface area contributed by atoms with E-state index in [1.54, 1.807) is 14.2 Å². The fraction of sp³-hybridized carbons (Fsp3) is 0.462. The number of hydrogen-bond donors (Lipinski definition) is 1. The zero-order chi connectivity index (χ0) is 12.8. The van der Waals surface area contributed by atoms with Gasteiger partial charge in [0.25, 0.3) is 0 Å². The molecule has 0 bridgehead atoms. The lowest BCUT2D eigenvalue weighted by Gasteiger charge is -2.17. The van der Waals surface area contributed by atoms with E-state index in [2.05, 4.69) is 6.07 Å². The fourth-order valence-corrected chi connectivity index (χ4v) is 1.74. The van der Waals surface area contributed by atoms with Gasteiger partial charge >= 0.3 is 0 Å². The van der Waals surface area contributed by atoms with Crippen LogP contribution in [0.3, 0.4) is 0 Å². The van der Waals surface area contributed by atoms with Gasteiger partial charge in [-0.25, -0.2) is 0 Å². The van der Waals surface area contributed by atoms with Gasteiger partial charge in [-0.05, 0) is 31.0 Å². The molecular weight excluding hydrogens is 216 g/mol. The first-order chi connectivity index (χ1) is 8.13. The minimum atomic E-state index is -0.209. The van der Waals surface area contributed by atoms with Gasteiger partial charge in [0.2, 0.25) is 0 Å². The molecule has 0 aliphatic rings. The van der Waals surface area contributed by atoms with Gasteiger partial charge < -0.3 is 15.2 Å². The van der Waals surface area contributed by atoms with E-state index in [0.29, 0.717) is 12.8 Å². The molecule has 1 aromatic rings. The molecule has 17 heavy (non-hydrogen) atoms. The number of aryl methyl sites for hydroxylation is 1. The van der Waals surface area contributed by atoms with Crippen molar-refractivity contribution in [1.82, 2.24) is 0 Å². The Bertz CT molecular complexity index is 424. The van der Waals surface area contributed by atoms with Crippen LogP contribution in [0.2, 0.25) is 0 Å². The van der Waals surface area contributed by atoms with Gasteiger partial charge in [-0.1, -0.05) is 0 Å². The summed E-state index contributed by atoms with van der Waals surface area (Å²) in [4.78, 5) is 0. The van der Waals surface area contributed by atoms with Crippen LogP contribution in [0.4, 0.5) is 0 Å². The lowest BCUT2D eigenvalue weighted by atomic mass is 10.00. The Morgan fingerprint density at radius 1 is 1.29 bits per heavy atom. The second-order valence-electron chi connectivity index (χ2n) is 3.87. The van der Waals surface area contributed by atoms with E-state index in [1.807, 2.05) is 19.1 Å². The molecule has 0 amide bonds. The molecule has 4 heteroatoms. The Labute approximate surface area is 102 Å². The van der Waals surface area contributed by atoms with Crippen molar-refractivity contribution in [3.63, 3.8) is 0 Å². The quantitative estimate of drug-likeness (QED) is 0.848. The Kier molecular flexibility index (Phi) is 4.80. The first-order valence-electron chi connectivity index (χ1n) is 5.49. The molecule has 0 saturated carbocycles. The molecule has 1 aromatic carbocycles. The van der Waals surface area contributed by atoms with Crippen LogP contribution in [0.25, 0.3) is 0 Å². The van der Waals surface area contributed by atoms with E-state index >= 15 is 0 Å². The summed E-state index contributed by atoms with van der Waals surface area (Å²) >= 11 is 0. The highest BCUT2D eigenvalue weighted by Gasteiger charge is 2.14. The van der Waals surface area contributed by atoms with Crippen LogP contribution in [0.5, 0.6) is 11.5 Å². The Morgan fingerprint density at radius 2 is 1.94 bits per heavy atom. The Hall–Kier alpha value is -1.73. The van der Waals surface area contributed by atoms with Gasteiger partial charge in [-0.3, -0.25) is 0 Å². The minimum Gasteiger partial charge on any atom is -0.496 e. The van der Waals surface area contributed by atoms with Crippen LogP contribution in [0.1, 0.15) is 30.0 Å². The van der Waals surface area contributed by atoms with E-state index in [9.17, 15) is 0 Å². The van der Waals surface area contributed by atoms with Crippen molar-refractivity contribution in [2.24, 2.45) is 5.73 Å². The third-order valence-electron chi connectivity index (χ3n) is 2.71. The zero-order valence-corrected chi connectivity index (χ0v) is 10.5. The van der Waals surface area contributed by atoms with Crippen LogP contribution in [-0.2, 0) is 0 Å². The molecule has 0 heterocycles. The minimum absolute atomic E-state index is 0.209. The molecule has 0 fully saturated rings. The molecule has 0 saturated heterocycles. The molecule has 1 unspecified atom stereocenters. The fourth-order valence-electron chi connectivity index (χ4n) is 1.74. The molecule has 92 valence electrons. The Morgan fingerprint density at radius 3 is 2.47 bits per heavy atom. The largest absolute Gasteiger partial charge is 0.496 e. The topological polar surface area (TPSA) is 68.3 Å². The molecule has 0 spiro atoms. The van der Waals surface area contributed by atoms with Crippen LogP contribution < -0.4 is 15.2 Å². The van der Waals surface area contributed by atoms with Crippen molar-refractivity contribution in [1.29, 1.82) is 5.26 Å². The Balaban J connectivity index is 3.07. The summed E-state index contributed by atoms with van der Waals surface area (Å²) in [6, 6.07) is 5.67. The maximum atomic E-state index is 8.57. The highest BCUT2D eigenvalue weighted by Crippen LogP contribution is 2.32. The van der Waals surface area contributed by atoms with Crippen molar-refractivity contribution in [2.75, 3.05) is 14.2 Å². The second kappa shape index (κ2) is 6.12. The standard InChI is InChI=1S/C13H18N2O2/c1-9-7-13(17-3)10(8-12(9)16-2)11(15)5-4-6-14/h7-8,11H,4-5,15H2,1-3H3. The summed E-state index contributed by atoms with van der Waals surface area (Å²) in [7, 11) is 3.24. The molecule has 0 aromatic heterocycles. The monoisotopic (exact) mass is 234 g/mol. The highest BCUT2D eigenvalue weighted by molar-refractivity contribution is 5.47. The average Bonchev–Trinajstić information content (AvgIpc) is 2.35. The molecule has 1 atom stereocenters. The molecule has 2 N–H and O–H groups in total. The third-order valence-corrected chi connectivity index (χ3v) is 2.71. The lowest BCUT2D eigenvalue weighted by molar-refractivity contribution is 0.392. The SMILES string of the molecule is COc1cc(C(N)CCC#N)c(OC)cc1C. The summed E-state index contributed by atoms with van der Waals surface area (Å²) in [5, 5.41) is 8.57. The number of nitriles is 1. The van der Waals surface area contributed by atoms with Crippen LogP contribution >= 0.6 is 0 Å². The second-order valence-corrected chi connectivity index (χ2v) is 3.87. The number of nitrogens with two attached hydrogens (primary N) is 1. The predicted molar refractivity (Wildman–Crippen MR) is 66.1 cm³/mol. The summed E-state index contributed by atoms with van der Waals surface area (Å²) in [5.74, 6) is 1.53. The maximum absolute atomic E-state index is 8.57. The van der Waals surface area contributed by atoms with E-state index in [1.165, 1.54) is 0 Å². The molecule has 0 radical (unpaired) electrons. The third kappa shape index (κ3) is 3.11. The molecule has 1 rings (SSSR count). The van der Waals surface area contributed by atoms with Gasteiger partial charge in [0.05, 0.1) is 20.3 Å². The van der Waals surface area contributed by atoms with Crippen molar-refractivity contribution < 1.29 is 9.47 Å². The average molecular weight is 234 g/mol. The van der Waals surface area contributed by atoms with Gasteiger partial charge in [0.1, 0.15) is 11.5 Å². The number of hydrogen-bond acceptors (Lipinski definition) is 4. The van der Waals surface area contributed by atoms with Crippen molar-refractivity contribution in [3.8, 4) is 17.6 Å². The van der Waals surface area contributed by atoms with Gasteiger partial charge in [-0.2, -0.15) is 5.26 Å². The van der Waals surface area contributed by atoms with Crippen LogP contribution in [-0.4, -0.2) is 14.2 Å². The maximum Gasteiger partial charge on any atom is 0.124 e. The van der Waals surface area contributed by atoms with Gasteiger partial charge in [-0.15, -0.1) is 0 Å². The van der Waals surface area contributed by atoms with Crippen LogP contribution in [0, 0.1) is 18.3 Å². The van der Waals surface area contributed by atoms with E-state index < -0.39 is 0 Å². The normalized spacial score (nSPS) is 11.7. The summed E-state index contributed by atoms with van der Waals surface area (Å²) in [5.41, 5.74) is 7.92. The number of benzene rings is 1. The smallest absolute Gasteiger partial charge is 0.124 e. The lowest BCUT2D eigenvalue weighted by Crippen LogP contribution is -2.12. The number of ether oxygens (including phenoxy) is 2. The van der Waals surface area contributed by atoms with Crippen molar-refractivity contribution in [3.05, 3.63) is 23.3 Å². The molecular formula is C13H18N2O2.